The van der Waals surface area contributed by atoms with Gasteiger partial charge in [-0.3, -0.25) is 20.2 Å². The lowest BCUT2D eigenvalue weighted by Crippen LogP contribution is -1.92. The molecule has 0 unspecified atom stereocenters. The molecule has 0 radical (unpaired) electrons. The van der Waals surface area contributed by atoms with Crippen molar-refractivity contribution in [1.82, 2.24) is 0 Å². The molecular weight excluding hydrogens is 264 g/mol. The van der Waals surface area contributed by atoms with Gasteiger partial charge in [-0.1, -0.05) is 0 Å². The third-order valence-electron chi connectivity index (χ3n) is 2.82. The number of aromatic hydroxyl groups is 1. The van der Waals surface area contributed by atoms with Crippen LogP contribution in [0.4, 0.5) is 11.4 Å². The van der Waals surface area contributed by atoms with Crippen molar-refractivity contribution in [3.05, 3.63) is 62.2 Å². The van der Waals surface area contributed by atoms with Crippen molar-refractivity contribution < 1.29 is 15.0 Å². The highest BCUT2D eigenvalue weighted by molar-refractivity contribution is 5.76. The Bertz CT molecular complexity index is 695. The number of aryl methyl sites for hydroxylation is 1. The molecule has 0 spiro atoms. The van der Waals surface area contributed by atoms with E-state index in [0.717, 1.165) is 0 Å². The van der Waals surface area contributed by atoms with Crippen molar-refractivity contribution in [2.45, 2.75) is 6.92 Å². The summed E-state index contributed by atoms with van der Waals surface area (Å²) in [7, 11) is 0. The first-order valence-corrected chi connectivity index (χ1v) is 5.63. The van der Waals surface area contributed by atoms with Gasteiger partial charge in [-0.05, 0) is 36.2 Å². The molecule has 2 aromatic carbocycles. The van der Waals surface area contributed by atoms with Crippen molar-refractivity contribution in [3.8, 4) is 16.9 Å². The molecule has 0 saturated heterocycles. The lowest BCUT2D eigenvalue weighted by atomic mass is 10.0. The van der Waals surface area contributed by atoms with Crippen LogP contribution in [0.1, 0.15) is 5.56 Å². The zero-order valence-electron chi connectivity index (χ0n) is 10.4. The summed E-state index contributed by atoms with van der Waals surface area (Å²) in [6.45, 7) is 1.67. The minimum absolute atomic E-state index is 0.0876. The molecule has 7 heteroatoms. The molecule has 0 heterocycles. The second-order valence-electron chi connectivity index (χ2n) is 4.24. The van der Waals surface area contributed by atoms with Gasteiger partial charge in [0.1, 0.15) is 0 Å². The van der Waals surface area contributed by atoms with Crippen LogP contribution in [0.25, 0.3) is 11.1 Å². The number of nitro benzene ring substituents is 2. The second-order valence-corrected chi connectivity index (χ2v) is 4.24. The molecule has 20 heavy (non-hydrogen) atoms. The van der Waals surface area contributed by atoms with Crippen LogP contribution in [0, 0.1) is 27.2 Å². The van der Waals surface area contributed by atoms with Gasteiger partial charge in [0.15, 0.2) is 0 Å². The third kappa shape index (κ3) is 2.41. The number of rotatable bonds is 3. The molecule has 2 aromatic rings. The van der Waals surface area contributed by atoms with Crippen LogP contribution in [0.15, 0.2) is 36.4 Å². The highest BCUT2D eigenvalue weighted by atomic mass is 16.6. The number of phenols is 1. The monoisotopic (exact) mass is 274 g/mol. The Balaban J connectivity index is 2.57. The van der Waals surface area contributed by atoms with Crippen LogP contribution in [-0.4, -0.2) is 15.0 Å². The van der Waals surface area contributed by atoms with E-state index in [4.69, 9.17) is 0 Å². The van der Waals surface area contributed by atoms with Gasteiger partial charge in [-0.25, -0.2) is 0 Å². The maximum Gasteiger partial charge on any atom is 0.311 e. The molecule has 0 amide bonds. The van der Waals surface area contributed by atoms with Gasteiger partial charge in [0.25, 0.3) is 5.69 Å². The Morgan fingerprint density at radius 1 is 1.00 bits per heavy atom. The lowest BCUT2D eigenvalue weighted by molar-refractivity contribution is -0.385. The zero-order valence-corrected chi connectivity index (χ0v) is 10.4. The van der Waals surface area contributed by atoms with E-state index >= 15 is 0 Å². The molecule has 0 atom stereocenters. The number of benzene rings is 2. The Morgan fingerprint density at radius 2 is 1.60 bits per heavy atom. The molecule has 7 nitrogen and oxygen atoms in total. The minimum Gasteiger partial charge on any atom is -0.502 e. The number of hydrogen-bond donors (Lipinski definition) is 1. The summed E-state index contributed by atoms with van der Waals surface area (Å²) in [6, 6.07) is 8.30. The Labute approximate surface area is 113 Å². The van der Waals surface area contributed by atoms with E-state index in [1.54, 1.807) is 13.0 Å². The van der Waals surface area contributed by atoms with Gasteiger partial charge >= 0.3 is 5.69 Å². The fourth-order valence-corrected chi connectivity index (χ4v) is 1.88. The smallest absolute Gasteiger partial charge is 0.311 e. The molecule has 102 valence electrons. The minimum atomic E-state index is -0.669. The molecule has 0 saturated carbocycles. The normalized spacial score (nSPS) is 10.2. The van der Waals surface area contributed by atoms with Gasteiger partial charge in [-0.2, -0.15) is 0 Å². The first-order valence-electron chi connectivity index (χ1n) is 5.63. The van der Waals surface area contributed by atoms with Crippen molar-refractivity contribution in [2.24, 2.45) is 0 Å². The summed E-state index contributed by atoms with van der Waals surface area (Å²) in [5.74, 6) is -0.450. The molecule has 0 aliphatic carbocycles. The van der Waals surface area contributed by atoms with Crippen LogP contribution in [0.2, 0.25) is 0 Å². The molecule has 0 aliphatic heterocycles. The highest BCUT2D eigenvalue weighted by Gasteiger charge is 2.19. The summed E-state index contributed by atoms with van der Waals surface area (Å²) < 4.78 is 0. The molecule has 0 fully saturated rings. The van der Waals surface area contributed by atoms with Crippen LogP contribution in [0.5, 0.6) is 5.75 Å². The number of non-ortho nitro benzene ring substituents is 1. The lowest BCUT2D eigenvalue weighted by Gasteiger charge is -2.07. The van der Waals surface area contributed by atoms with E-state index < -0.39 is 21.3 Å². The Morgan fingerprint density at radius 3 is 2.10 bits per heavy atom. The van der Waals surface area contributed by atoms with Gasteiger partial charge in [0.05, 0.1) is 9.85 Å². The van der Waals surface area contributed by atoms with Crippen LogP contribution >= 0.6 is 0 Å². The summed E-state index contributed by atoms with van der Waals surface area (Å²) in [5.41, 5.74) is 0.878. The third-order valence-corrected chi connectivity index (χ3v) is 2.82. The number of nitro groups is 2. The summed E-state index contributed by atoms with van der Waals surface area (Å²) in [6.07, 6.45) is 0. The van der Waals surface area contributed by atoms with Crippen molar-refractivity contribution in [2.75, 3.05) is 0 Å². The largest absolute Gasteiger partial charge is 0.502 e. The first kappa shape index (κ1) is 13.5. The molecular formula is C13H10N2O5. The highest BCUT2D eigenvalue weighted by Crippen LogP contribution is 2.38. The first-order chi connectivity index (χ1) is 9.40. The maximum atomic E-state index is 10.9. The molecule has 0 aliphatic rings. The number of nitrogens with zero attached hydrogens (tertiary/aromatic N) is 2. The standard InChI is InChI=1S/C13H10N2O5/c1-8-6-11(13(16)12(7-8)15(19)20)9-2-4-10(5-3-9)14(17)18/h2-7,16H,1H3. The van der Waals surface area contributed by atoms with Crippen molar-refractivity contribution in [1.29, 1.82) is 0 Å². The molecule has 2 rings (SSSR count). The van der Waals surface area contributed by atoms with Crippen LogP contribution in [0.3, 0.4) is 0 Å². The number of hydrogen-bond acceptors (Lipinski definition) is 5. The average Bonchev–Trinajstić information content (AvgIpc) is 2.41. The summed E-state index contributed by atoms with van der Waals surface area (Å²) >= 11 is 0. The van der Waals surface area contributed by atoms with Crippen LogP contribution in [-0.2, 0) is 0 Å². The van der Waals surface area contributed by atoms with Gasteiger partial charge in [0.2, 0.25) is 5.75 Å². The molecule has 0 aromatic heterocycles. The summed E-state index contributed by atoms with van der Waals surface area (Å²) in [4.78, 5) is 20.2. The quantitative estimate of drug-likeness (QED) is 0.683. The SMILES string of the molecule is Cc1cc(-c2ccc([N+](=O)[O-])cc2)c(O)c([N+](=O)[O-])c1. The molecule has 0 bridgehead atoms. The summed E-state index contributed by atoms with van der Waals surface area (Å²) in [5, 5.41) is 31.4. The van der Waals surface area contributed by atoms with E-state index in [9.17, 15) is 25.3 Å². The maximum absolute atomic E-state index is 10.9. The number of phenolic OH excluding ortho intramolecular Hbond substituents is 1. The predicted molar refractivity (Wildman–Crippen MR) is 71.6 cm³/mol. The zero-order chi connectivity index (χ0) is 14.9. The van der Waals surface area contributed by atoms with Gasteiger partial charge in [-0.15, -0.1) is 0 Å². The average molecular weight is 274 g/mol. The van der Waals surface area contributed by atoms with E-state index in [1.807, 2.05) is 0 Å². The fraction of sp³-hybridized carbons (Fsp3) is 0.0769. The Kier molecular flexibility index (Phi) is 3.34. The Hall–Kier alpha value is -2.96. The topological polar surface area (TPSA) is 107 Å². The van der Waals surface area contributed by atoms with Gasteiger partial charge in [0, 0.05) is 23.8 Å². The van der Waals surface area contributed by atoms with E-state index in [0.29, 0.717) is 11.1 Å². The van der Waals surface area contributed by atoms with E-state index in [-0.39, 0.29) is 11.3 Å². The van der Waals surface area contributed by atoms with E-state index in [1.165, 1.54) is 30.3 Å². The van der Waals surface area contributed by atoms with Crippen LogP contribution < -0.4 is 0 Å². The van der Waals surface area contributed by atoms with Crippen molar-refractivity contribution in [3.63, 3.8) is 0 Å². The second kappa shape index (κ2) is 4.96. The molecule has 1 N–H and O–H groups in total. The van der Waals surface area contributed by atoms with E-state index in [2.05, 4.69) is 0 Å². The predicted octanol–water partition coefficient (Wildman–Crippen LogP) is 3.18. The fourth-order valence-electron chi connectivity index (χ4n) is 1.88. The van der Waals surface area contributed by atoms with Crippen molar-refractivity contribution >= 4 is 11.4 Å². The van der Waals surface area contributed by atoms with Gasteiger partial charge < -0.3 is 5.11 Å².